The average molecular weight is 302 g/mol. The Hall–Kier alpha value is -0.620. The van der Waals surface area contributed by atoms with Gasteiger partial charge >= 0.3 is 0 Å². The van der Waals surface area contributed by atoms with Gasteiger partial charge in [-0.2, -0.15) is 0 Å². The molecule has 0 aliphatic heterocycles. The van der Waals surface area contributed by atoms with Crippen molar-refractivity contribution in [3.8, 4) is 0 Å². The van der Waals surface area contributed by atoms with Crippen molar-refractivity contribution in [2.24, 2.45) is 17.6 Å². The Bertz CT molecular complexity index is 443. The average Bonchev–Trinajstić information content (AvgIpc) is 3.15. The van der Waals surface area contributed by atoms with Gasteiger partial charge in [-0.25, -0.2) is 8.42 Å². The molecule has 0 aromatic heterocycles. The van der Waals surface area contributed by atoms with E-state index in [9.17, 15) is 13.2 Å². The summed E-state index contributed by atoms with van der Waals surface area (Å²) < 4.78 is 22.1. The molecule has 1 amide bonds. The predicted molar refractivity (Wildman–Crippen MR) is 78.9 cm³/mol. The third-order valence-corrected chi connectivity index (χ3v) is 5.54. The molecule has 2 rings (SSSR count). The molecule has 3 N–H and O–H groups in total. The number of nitrogens with one attached hydrogen (secondary N) is 1. The molecule has 3 unspecified atom stereocenters. The molecule has 2 fully saturated rings. The van der Waals surface area contributed by atoms with Gasteiger partial charge in [0.05, 0.1) is 11.8 Å². The van der Waals surface area contributed by atoms with Crippen LogP contribution in [0.25, 0.3) is 0 Å². The monoisotopic (exact) mass is 302 g/mol. The zero-order valence-electron chi connectivity index (χ0n) is 12.2. The molecule has 116 valence electrons. The number of carbonyl (C=O) groups is 1. The second-order valence-corrected chi connectivity index (χ2v) is 8.70. The van der Waals surface area contributed by atoms with Gasteiger partial charge < -0.3 is 11.1 Å². The molecule has 2 saturated carbocycles. The first-order valence-corrected chi connectivity index (χ1v) is 9.66. The molecule has 0 spiro atoms. The summed E-state index contributed by atoms with van der Waals surface area (Å²) in [6.45, 7) is 0. The summed E-state index contributed by atoms with van der Waals surface area (Å²) in [7, 11) is -3.05. The van der Waals surface area contributed by atoms with Crippen LogP contribution in [0.3, 0.4) is 0 Å². The Balaban J connectivity index is 1.70. The van der Waals surface area contributed by atoms with Crippen molar-refractivity contribution in [2.75, 3.05) is 12.0 Å². The van der Waals surface area contributed by atoms with E-state index in [0.717, 1.165) is 18.6 Å². The van der Waals surface area contributed by atoms with Crippen molar-refractivity contribution in [3.05, 3.63) is 0 Å². The molecule has 20 heavy (non-hydrogen) atoms. The van der Waals surface area contributed by atoms with Gasteiger partial charge in [0.15, 0.2) is 0 Å². The van der Waals surface area contributed by atoms with Gasteiger partial charge in [-0.1, -0.05) is 32.1 Å². The van der Waals surface area contributed by atoms with Crippen LogP contribution in [-0.2, 0) is 14.6 Å². The number of sulfone groups is 1. The Morgan fingerprint density at radius 3 is 2.55 bits per heavy atom. The lowest BCUT2D eigenvalue weighted by atomic mass is 9.85. The molecule has 0 radical (unpaired) electrons. The van der Waals surface area contributed by atoms with Gasteiger partial charge in [-0.05, 0) is 24.7 Å². The van der Waals surface area contributed by atoms with Gasteiger partial charge in [0, 0.05) is 12.3 Å². The lowest BCUT2D eigenvalue weighted by Crippen LogP contribution is -2.43. The van der Waals surface area contributed by atoms with Gasteiger partial charge in [0.2, 0.25) is 5.91 Å². The summed E-state index contributed by atoms with van der Waals surface area (Å²) >= 11 is 0. The number of hydrogen-bond acceptors (Lipinski definition) is 4. The van der Waals surface area contributed by atoms with Crippen LogP contribution in [-0.4, -0.2) is 38.4 Å². The number of hydrogen-bond donors (Lipinski definition) is 2. The topological polar surface area (TPSA) is 89.3 Å². The maximum absolute atomic E-state index is 11.9. The maximum atomic E-state index is 11.9. The Morgan fingerprint density at radius 1 is 1.30 bits per heavy atom. The minimum Gasteiger partial charge on any atom is -0.352 e. The quantitative estimate of drug-likeness (QED) is 0.760. The second-order valence-electron chi connectivity index (χ2n) is 6.44. The van der Waals surface area contributed by atoms with Crippen LogP contribution in [0.4, 0.5) is 0 Å². The van der Waals surface area contributed by atoms with Crippen molar-refractivity contribution in [1.82, 2.24) is 5.32 Å². The first kappa shape index (κ1) is 15.8. The SMILES string of the molecule is CS(=O)(=O)CCC(N)C(=O)NC1CC1C1CCCCC1. The summed E-state index contributed by atoms with van der Waals surface area (Å²) in [6.07, 6.45) is 8.98. The molecule has 0 aromatic rings. The first-order chi connectivity index (χ1) is 9.37. The van der Waals surface area contributed by atoms with Crippen LogP contribution >= 0.6 is 0 Å². The second kappa shape index (κ2) is 6.43. The third kappa shape index (κ3) is 4.74. The predicted octanol–water partition coefficient (Wildman–Crippen LogP) is 0.833. The standard InChI is InChI=1S/C14H26N2O3S/c1-20(18,19)8-7-12(15)14(17)16-13-9-11(13)10-5-3-2-4-6-10/h10-13H,2-9,15H2,1H3,(H,16,17). The number of rotatable bonds is 6. The van der Waals surface area contributed by atoms with Crippen LogP contribution in [0.5, 0.6) is 0 Å². The largest absolute Gasteiger partial charge is 0.352 e. The van der Waals surface area contributed by atoms with Crippen molar-refractivity contribution in [3.63, 3.8) is 0 Å². The van der Waals surface area contributed by atoms with Crippen LogP contribution < -0.4 is 11.1 Å². The fourth-order valence-electron chi connectivity index (χ4n) is 3.23. The van der Waals surface area contributed by atoms with Crippen LogP contribution in [0, 0.1) is 11.8 Å². The van der Waals surface area contributed by atoms with E-state index < -0.39 is 15.9 Å². The summed E-state index contributed by atoms with van der Waals surface area (Å²) in [5, 5.41) is 2.98. The smallest absolute Gasteiger partial charge is 0.237 e. The molecule has 2 aliphatic rings. The Morgan fingerprint density at radius 2 is 1.95 bits per heavy atom. The highest BCUT2D eigenvalue weighted by Crippen LogP contribution is 2.44. The van der Waals surface area contributed by atoms with Crippen molar-refractivity contribution < 1.29 is 13.2 Å². The molecule has 6 heteroatoms. The maximum Gasteiger partial charge on any atom is 0.237 e. The van der Waals surface area contributed by atoms with E-state index in [1.165, 1.54) is 32.1 Å². The molecular weight excluding hydrogens is 276 g/mol. The highest BCUT2D eigenvalue weighted by molar-refractivity contribution is 7.90. The Labute approximate surface area is 121 Å². The molecule has 0 heterocycles. The lowest BCUT2D eigenvalue weighted by molar-refractivity contribution is -0.122. The van der Waals surface area contributed by atoms with Gasteiger partial charge in [0.1, 0.15) is 9.84 Å². The normalized spacial score (nSPS) is 28.9. The van der Waals surface area contributed by atoms with E-state index in [1.807, 2.05) is 0 Å². The fourth-order valence-corrected chi connectivity index (χ4v) is 3.91. The fraction of sp³-hybridized carbons (Fsp3) is 0.929. The third-order valence-electron chi connectivity index (χ3n) is 4.56. The number of amides is 1. The van der Waals surface area contributed by atoms with Crippen LogP contribution in [0.2, 0.25) is 0 Å². The van der Waals surface area contributed by atoms with E-state index in [-0.39, 0.29) is 24.1 Å². The van der Waals surface area contributed by atoms with E-state index >= 15 is 0 Å². The summed E-state index contributed by atoms with van der Waals surface area (Å²) in [5.41, 5.74) is 5.75. The minimum absolute atomic E-state index is 0.0295. The van der Waals surface area contributed by atoms with E-state index in [2.05, 4.69) is 5.32 Å². The van der Waals surface area contributed by atoms with E-state index in [4.69, 9.17) is 5.73 Å². The van der Waals surface area contributed by atoms with Crippen molar-refractivity contribution in [1.29, 1.82) is 0 Å². The van der Waals surface area contributed by atoms with Gasteiger partial charge in [-0.3, -0.25) is 4.79 Å². The zero-order chi connectivity index (χ0) is 14.8. The molecular formula is C14H26N2O3S. The summed E-state index contributed by atoms with van der Waals surface area (Å²) in [6, 6.07) is -0.438. The number of carbonyl (C=O) groups excluding carboxylic acids is 1. The van der Waals surface area contributed by atoms with E-state index in [1.54, 1.807) is 0 Å². The molecule has 3 atom stereocenters. The molecule has 5 nitrogen and oxygen atoms in total. The van der Waals surface area contributed by atoms with E-state index in [0.29, 0.717) is 5.92 Å². The van der Waals surface area contributed by atoms with Crippen molar-refractivity contribution in [2.45, 2.75) is 57.0 Å². The zero-order valence-corrected chi connectivity index (χ0v) is 13.0. The lowest BCUT2D eigenvalue weighted by Gasteiger charge is -2.22. The molecule has 0 saturated heterocycles. The van der Waals surface area contributed by atoms with Gasteiger partial charge in [0.25, 0.3) is 0 Å². The van der Waals surface area contributed by atoms with Gasteiger partial charge in [-0.15, -0.1) is 0 Å². The van der Waals surface area contributed by atoms with Crippen molar-refractivity contribution >= 4 is 15.7 Å². The molecule has 2 aliphatic carbocycles. The molecule has 0 aromatic carbocycles. The first-order valence-electron chi connectivity index (χ1n) is 7.60. The highest BCUT2D eigenvalue weighted by atomic mass is 32.2. The Kier molecular flexibility index (Phi) is 5.07. The highest BCUT2D eigenvalue weighted by Gasteiger charge is 2.44. The van der Waals surface area contributed by atoms with Crippen LogP contribution in [0.15, 0.2) is 0 Å². The summed E-state index contributed by atoms with van der Waals surface area (Å²) in [4.78, 5) is 11.9. The minimum atomic E-state index is -3.05. The summed E-state index contributed by atoms with van der Waals surface area (Å²) in [5.74, 6) is 1.16. The number of nitrogens with two attached hydrogens (primary N) is 1. The van der Waals surface area contributed by atoms with Crippen LogP contribution in [0.1, 0.15) is 44.9 Å². The molecule has 0 bridgehead atoms.